The molecule has 0 aliphatic carbocycles. The van der Waals surface area contributed by atoms with E-state index in [2.05, 4.69) is 16.3 Å². The first-order chi connectivity index (χ1) is 12.5. The third-order valence-corrected chi connectivity index (χ3v) is 4.56. The van der Waals surface area contributed by atoms with Gasteiger partial charge in [-0.1, -0.05) is 13.8 Å². The number of methoxy groups -OCH3 is 1. The number of nitrogens with zero attached hydrogens (tertiary/aromatic N) is 2. The Morgan fingerprint density at radius 2 is 2.19 bits per heavy atom. The quantitative estimate of drug-likeness (QED) is 0.870. The third-order valence-electron chi connectivity index (χ3n) is 4.56. The summed E-state index contributed by atoms with van der Waals surface area (Å²) in [6, 6.07) is 5.85. The van der Waals surface area contributed by atoms with Crippen LogP contribution in [0, 0.1) is 11.3 Å². The number of fused-ring (bicyclic) bond motifs is 2. The van der Waals surface area contributed by atoms with Crippen molar-refractivity contribution in [1.29, 1.82) is 5.26 Å². The Morgan fingerprint density at radius 3 is 2.88 bits per heavy atom. The highest BCUT2D eigenvalue weighted by atomic mass is 16.7. The fourth-order valence-electron chi connectivity index (χ4n) is 3.36. The molecular weight excluding hydrogens is 336 g/mol. The van der Waals surface area contributed by atoms with E-state index in [4.69, 9.17) is 24.7 Å². The van der Waals surface area contributed by atoms with Crippen molar-refractivity contribution in [3.63, 3.8) is 0 Å². The van der Waals surface area contributed by atoms with Gasteiger partial charge in [0.05, 0.1) is 18.6 Å². The number of rotatable bonds is 3. The van der Waals surface area contributed by atoms with E-state index in [1.165, 1.54) is 0 Å². The second-order valence-electron chi connectivity index (χ2n) is 6.39. The standard InChI is InChI=1S/C18H18N4O4/c1-8(2)15-14-13(10(6-19)17(20)26-18(14)22-21-15)9-4-11(23-3)16-12(5-9)24-7-25-16/h4-5,8,13H,7,20H2,1-3H3,(H,21,22)/t13-/m0/s1. The molecule has 2 aliphatic rings. The number of aromatic nitrogens is 2. The molecule has 3 heterocycles. The van der Waals surface area contributed by atoms with Crippen LogP contribution in [0.5, 0.6) is 23.1 Å². The summed E-state index contributed by atoms with van der Waals surface area (Å²) in [6.45, 7) is 4.21. The number of allylic oxidation sites excluding steroid dienone is 1. The fraction of sp³-hybridized carbons (Fsp3) is 0.333. The predicted octanol–water partition coefficient (Wildman–Crippen LogP) is 2.49. The second kappa shape index (κ2) is 5.88. The molecule has 0 saturated carbocycles. The summed E-state index contributed by atoms with van der Waals surface area (Å²) in [7, 11) is 1.56. The molecule has 0 radical (unpaired) electrons. The molecule has 0 amide bonds. The summed E-state index contributed by atoms with van der Waals surface area (Å²) >= 11 is 0. The van der Waals surface area contributed by atoms with Crippen molar-refractivity contribution in [2.24, 2.45) is 5.73 Å². The number of hydrogen-bond donors (Lipinski definition) is 2. The molecule has 2 aromatic rings. The summed E-state index contributed by atoms with van der Waals surface area (Å²) in [4.78, 5) is 0. The average molecular weight is 354 g/mol. The highest BCUT2D eigenvalue weighted by Crippen LogP contribution is 2.49. The molecule has 0 saturated heterocycles. The molecule has 1 aromatic heterocycles. The van der Waals surface area contributed by atoms with Crippen LogP contribution in [0.3, 0.4) is 0 Å². The monoisotopic (exact) mass is 354 g/mol. The van der Waals surface area contributed by atoms with Crippen LogP contribution >= 0.6 is 0 Å². The highest BCUT2D eigenvalue weighted by Gasteiger charge is 2.37. The molecule has 0 fully saturated rings. The van der Waals surface area contributed by atoms with Gasteiger partial charge in [0, 0.05) is 5.69 Å². The first kappa shape index (κ1) is 16.1. The summed E-state index contributed by atoms with van der Waals surface area (Å²) < 4.78 is 22.0. The Kier molecular flexibility index (Phi) is 3.65. The highest BCUT2D eigenvalue weighted by molar-refractivity contribution is 5.62. The fourth-order valence-corrected chi connectivity index (χ4v) is 3.36. The Morgan fingerprint density at radius 1 is 1.38 bits per heavy atom. The van der Waals surface area contributed by atoms with Crippen LogP contribution in [-0.4, -0.2) is 24.1 Å². The van der Waals surface area contributed by atoms with Gasteiger partial charge in [0.15, 0.2) is 11.5 Å². The molecule has 4 rings (SSSR count). The number of hydrogen-bond acceptors (Lipinski definition) is 7. The minimum absolute atomic E-state index is 0.0449. The summed E-state index contributed by atoms with van der Waals surface area (Å²) in [5.74, 6) is 1.80. The normalized spacial score (nSPS) is 17.7. The maximum Gasteiger partial charge on any atom is 0.244 e. The van der Waals surface area contributed by atoms with Gasteiger partial charge in [0.1, 0.15) is 11.6 Å². The Labute approximate surface area is 150 Å². The van der Waals surface area contributed by atoms with E-state index in [1.807, 2.05) is 26.0 Å². The predicted molar refractivity (Wildman–Crippen MR) is 91.1 cm³/mol. The van der Waals surface area contributed by atoms with E-state index < -0.39 is 5.92 Å². The maximum atomic E-state index is 9.72. The number of nitriles is 1. The van der Waals surface area contributed by atoms with Crippen LogP contribution in [0.1, 0.15) is 42.5 Å². The van der Waals surface area contributed by atoms with Crippen molar-refractivity contribution in [2.45, 2.75) is 25.7 Å². The van der Waals surface area contributed by atoms with Crippen molar-refractivity contribution in [3.05, 3.63) is 40.4 Å². The lowest BCUT2D eigenvalue weighted by Crippen LogP contribution is -2.21. The average Bonchev–Trinajstić information content (AvgIpc) is 3.25. The van der Waals surface area contributed by atoms with Crippen LogP contribution in [0.15, 0.2) is 23.6 Å². The maximum absolute atomic E-state index is 9.72. The van der Waals surface area contributed by atoms with Gasteiger partial charge >= 0.3 is 0 Å². The molecule has 0 spiro atoms. The summed E-state index contributed by atoms with van der Waals surface area (Å²) in [5.41, 5.74) is 8.79. The lowest BCUT2D eigenvalue weighted by Gasteiger charge is -2.25. The smallest absolute Gasteiger partial charge is 0.244 e. The number of nitrogens with one attached hydrogen (secondary N) is 1. The molecule has 8 heteroatoms. The van der Waals surface area contributed by atoms with Gasteiger partial charge in [-0.3, -0.25) is 5.10 Å². The minimum Gasteiger partial charge on any atom is -0.493 e. The van der Waals surface area contributed by atoms with E-state index in [0.29, 0.717) is 28.7 Å². The number of aromatic amines is 1. The van der Waals surface area contributed by atoms with Crippen molar-refractivity contribution in [3.8, 4) is 29.2 Å². The lowest BCUT2D eigenvalue weighted by molar-refractivity contribution is 0.171. The second-order valence-corrected chi connectivity index (χ2v) is 6.39. The molecule has 1 atom stereocenters. The van der Waals surface area contributed by atoms with Crippen molar-refractivity contribution >= 4 is 0 Å². The summed E-state index contributed by atoms with van der Waals surface area (Å²) in [6.07, 6.45) is 0. The van der Waals surface area contributed by atoms with Gasteiger partial charge in [-0.05, 0) is 23.6 Å². The van der Waals surface area contributed by atoms with Gasteiger partial charge < -0.3 is 24.7 Å². The number of benzene rings is 1. The lowest BCUT2D eigenvalue weighted by atomic mass is 9.82. The van der Waals surface area contributed by atoms with Crippen LogP contribution in [-0.2, 0) is 0 Å². The van der Waals surface area contributed by atoms with Crippen LogP contribution in [0.2, 0.25) is 0 Å². The number of nitrogens with two attached hydrogens (primary N) is 1. The topological polar surface area (TPSA) is 115 Å². The van der Waals surface area contributed by atoms with Crippen LogP contribution in [0.25, 0.3) is 0 Å². The van der Waals surface area contributed by atoms with E-state index in [1.54, 1.807) is 7.11 Å². The zero-order valence-corrected chi connectivity index (χ0v) is 14.6. The largest absolute Gasteiger partial charge is 0.493 e. The number of H-pyrrole nitrogens is 1. The van der Waals surface area contributed by atoms with Gasteiger partial charge in [-0.25, -0.2) is 0 Å². The molecule has 0 bridgehead atoms. The molecule has 134 valence electrons. The molecule has 2 aliphatic heterocycles. The number of ether oxygens (including phenoxy) is 4. The Balaban J connectivity index is 1.96. The van der Waals surface area contributed by atoms with E-state index in [-0.39, 0.29) is 18.6 Å². The van der Waals surface area contributed by atoms with Gasteiger partial charge in [-0.15, -0.1) is 5.10 Å². The molecule has 26 heavy (non-hydrogen) atoms. The first-order valence-electron chi connectivity index (χ1n) is 8.18. The molecular formula is C18H18N4O4. The molecule has 3 N–H and O–H groups in total. The summed E-state index contributed by atoms with van der Waals surface area (Å²) in [5, 5.41) is 17.0. The van der Waals surface area contributed by atoms with Gasteiger partial charge in [0.25, 0.3) is 0 Å². The van der Waals surface area contributed by atoms with Gasteiger partial charge in [0.2, 0.25) is 24.3 Å². The first-order valence-corrected chi connectivity index (χ1v) is 8.18. The van der Waals surface area contributed by atoms with Crippen LogP contribution < -0.4 is 24.7 Å². The zero-order valence-electron chi connectivity index (χ0n) is 14.6. The van der Waals surface area contributed by atoms with E-state index in [0.717, 1.165) is 16.8 Å². The molecule has 0 unspecified atom stereocenters. The van der Waals surface area contributed by atoms with Gasteiger partial charge in [-0.2, -0.15) is 5.26 Å². The molecule has 1 aromatic carbocycles. The molecule has 8 nitrogen and oxygen atoms in total. The zero-order chi connectivity index (χ0) is 18.4. The van der Waals surface area contributed by atoms with E-state index in [9.17, 15) is 5.26 Å². The Bertz CT molecular complexity index is 955. The third kappa shape index (κ3) is 2.24. The Hall–Kier alpha value is -3.34. The minimum atomic E-state index is -0.441. The van der Waals surface area contributed by atoms with Crippen molar-refractivity contribution in [2.75, 3.05) is 13.9 Å². The van der Waals surface area contributed by atoms with E-state index >= 15 is 0 Å². The van der Waals surface area contributed by atoms with Crippen molar-refractivity contribution in [1.82, 2.24) is 10.2 Å². The SMILES string of the molecule is COc1cc([C@H]2C(C#N)=C(N)Oc3n[nH]c(C(C)C)c32)cc2c1OCO2. The van der Waals surface area contributed by atoms with Crippen molar-refractivity contribution < 1.29 is 18.9 Å². The van der Waals surface area contributed by atoms with Crippen LogP contribution in [0.4, 0.5) is 0 Å².